The normalized spacial score (nSPS) is 17.8. The first-order valence-electron chi connectivity index (χ1n) is 12.0. The number of piperidine rings is 1. The summed E-state index contributed by atoms with van der Waals surface area (Å²) in [6.07, 6.45) is 9.29. The second kappa shape index (κ2) is 11.2. The van der Waals surface area contributed by atoms with E-state index < -0.39 is 0 Å². The molecule has 7 nitrogen and oxygen atoms in total. The van der Waals surface area contributed by atoms with Gasteiger partial charge in [-0.3, -0.25) is 14.7 Å². The Morgan fingerprint density at radius 1 is 1.06 bits per heavy atom. The number of carbonyl (C=O) groups excluding carboxylic acids is 2. The number of aromatic nitrogens is 2. The molecule has 2 N–H and O–H groups in total. The lowest BCUT2D eigenvalue weighted by molar-refractivity contribution is -0.135. The smallest absolute Gasteiger partial charge is 0.228 e. The van der Waals surface area contributed by atoms with Gasteiger partial charge in [0.1, 0.15) is 5.75 Å². The maximum absolute atomic E-state index is 12.7. The SMILES string of the molecule is O=C(Nc1cc(CC2CCCCC2)[nH]n1)C1CCN(C(=O)CCOc2ccccc2)CC1. The molecule has 0 spiro atoms. The number of hydrogen-bond acceptors (Lipinski definition) is 4. The Bertz CT molecular complexity index is 868. The Morgan fingerprint density at radius 2 is 1.81 bits per heavy atom. The third-order valence-corrected chi connectivity index (χ3v) is 6.66. The summed E-state index contributed by atoms with van der Waals surface area (Å²) in [5, 5.41) is 10.3. The lowest BCUT2D eigenvalue weighted by Gasteiger charge is -2.31. The third-order valence-electron chi connectivity index (χ3n) is 6.66. The van der Waals surface area contributed by atoms with E-state index in [0.717, 1.165) is 23.8 Å². The fourth-order valence-corrected chi connectivity index (χ4v) is 4.78. The van der Waals surface area contributed by atoms with Gasteiger partial charge in [-0.1, -0.05) is 50.3 Å². The van der Waals surface area contributed by atoms with Crippen molar-refractivity contribution < 1.29 is 14.3 Å². The van der Waals surface area contributed by atoms with Gasteiger partial charge in [0.15, 0.2) is 5.82 Å². The van der Waals surface area contributed by atoms with E-state index >= 15 is 0 Å². The zero-order valence-electron chi connectivity index (χ0n) is 18.7. The van der Waals surface area contributed by atoms with Gasteiger partial charge < -0.3 is 15.0 Å². The summed E-state index contributed by atoms with van der Waals surface area (Å²) >= 11 is 0. The molecule has 7 heteroatoms. The average molecular weight is 439 g/mol. The van der Waals surface area contributed by atoms with Crippen LogP contribution in [0.25, 0.3) is 0 Å². The van der Waals surface area contributed by atoms with Gasteiger partial charge in [0.05, 0.1) is 13.0 Å². The Kier molecular flexibility index (Phi) is 7.80. The molecule has 0 radical (unpaired) electrons. The van der Waals surface area contributed by atoms with Gasteiger partial charge >= 0.3 is 0 Å². The van der Waals surface area contributed by atoms with Crippen molar-refractivity contribution in [1.29, 1.82) is 0 Å². The minimum Gasteiger partial charge on any atom is -0.493 e. The summed E-state index contributed by atoms with van der Waals surface area (Å²) in [4.78, 5) is 27.0. The van der Waals surface area contributed by atoms with E-state index in [0.29, 0.717) is 44.8 Å². The second-order valence-corrected chi connectivity index (χ2v) is 9.04. The molecule has 172 valence electrons. The zero-order chi connectivity index (χ0) is 22.2. The molecule has 0 unspecified atom stereocenters. The summed E-state index contributed by atoms with van der Waals surface area (Å²) in [6.45, 7) is 1.58. The molecule has 2 amide bonds. The topological polar surface area (TPSA) is 87.3 Å². The first kappa shape index (κ1) is 22.4. The minimum absolute atomic E-state index is 0.000210. The van der Waals surface area contributed by atoms with E-state index in [1.54, 1.807) is 0 Å². The molecule has 1 aromatic heterocycles. The molecule has 0 atom stereocenters. The maximum Gasteiger partial charge on any atom is 0.228 e. The molecule has 1 aliphatic carbocycles. The lowest BCUT2D eigenvalue weighted by atomic mass is 9.86. The van der Waals surface area contributed by atoms with Crippen LogP contribution in [0.4, 0.5) is 5.82 Å². The van der Waals surface area contributed by atoms with E-state index in [4.69, 9.17) is 4.74 Å². The number of H-pyrrole nitrogens is 1. The molecule has 1 aromatic carbocycles. The van der Waals surface area contributed by atoms with Crippen LogP contribution in [0, 0.1) is 11.8 Å². The quantitative estimate of drug-likeness (QED) is 0.647. The Hall–Kier alpha value is -2.83. The molecule has 2 heterocycles. The van der Waals surface area contributed by atoms with Crippen LogP contribution in [0.3, 0.4) is 0 Å². The number of para-hydroxylation sites is 1. The first-order chi connectivity index (χ1) is 15.7. The van der Waals surface area contributed by atoms with Crippen LogP contribution < -0.4 is 10.1 Å². The highest BCUT2D eigenvalue weighted by Crippen LogP contribution is 2.27. The van der Waals surface area contributed by atoms with Crippen LogP contribution in [0.5, 0.6) is 5.75 Å². The number of aromatic amines is 1. The molecule has 2 aliphatic rings. The molecule has 1 saturated heterocycles. The molecule has 1 aliphatic heterocycles. The largest absolute Gasteiger partial charge is 0.493 e. The highest BCUT2D eigenvalue weighted by atomic mass is 16.5. The Balaban J connectivity index is 1.16. The van der Waals surface area contributed by atoms with E-state index in [2.05, 4.69) is 15.5 Å². The van der Waals surface area contributed by atoms with Crippen LogP contribution in [0.2, 0.25) is 0 Å². The van der Waals surface area contributed by atoms with Gasteiger partial charge in [0.2, 0.25) is 11.8 Å². The predicted molar refractivity (Wildman–Crippen MR) is 123 cm³/mol. The molecular formula is C25H34N4O3. The number of hydrogen-bond donors (Lipinski definition) is 2. The summed E-state index contributed by atoms with van der Waals surface area (Å²) < 4.78 is 5.62. The number of nitrogens with zero attached hydrogens (tertiary/aromatic N) is 2. The van der Waals surface area contributed by atoms with Crippen LogP contribution in [-0.2, 0) is 16.0 Å². The molecule has 2 fully saturated rings. The number of nitrogens with one attached hydrogen (secondary N) is 2. The van der Waals surface area contributed by atoms with E-state index in [1.807, 2.05) is 41.3 Å². The predicted octanol–water partition coefficient (Wildman–Crippen LogP) is 4.18. The first-order valence-corrected chi connectivity index (χ1v) is 12.0. The minimum atomic E-state index is -0.0851. The van der Waals surface area contributed by atoms with E-state index in [-0.39, 0.29) is 17.7 Å². The number of anilines is 1. The highest BCUT2D eigenvalue weighted by Gasteiger charge is 2.27. The van der Waals surface area contributed by atoms with Gasteiger partial charge in [-0.2, -0.15) is 5.10 Å². The van der Waals surface area contributed by atoms with Crippen LogP contribution in [0.15, 0.2) is 36.4 Å². The lowest BCUT2D eigenvalue weighted by Crippen LogP contribution is -2.41. The van der Waals surface area contributed by atoms with Crippen molar-refractivity contribution in [1.82, 2.24) is 15.1 Å². The van der Waals surface area contributed by atoms with E-state index in [9.17, 15) is 9.59 Å². The van der Waals surface area contributed by atoms with Crippen molar-refractivity contribution in [3.8, 4) is 5.75 Å². The molecule has 4 rings (SSSR count). The van der Waals surface area contributed by atoms with Gasteiger partial charge in [0.25, 0.3) is 0 Å². The number of benzene rings is 1. The number of likely N-dealkylation sites (tertiary alicyclic amines) is 1. The molecule has 0 bridgehead atoms. The monoisotopic (exact) mass is 438 g/mol. The summed E-state index contributed by atoms with van der Waals surface area (Å²) in [5.74, 6) is 2.11. The van der Waals surface area contributed by atoms with Crippen molar-refractivity contribution in [3.63, 3.8) is 0 Å². The average Bonchev–Trinajstić information content (AvgIpc) is 3.27. The molecular weight excluding hydrogens is 404 g/mol. The number of ether oxygens (including phenoxy) is 1. The fourth-order valence-electron chi connectivity index (χ4n) is 4.78. The van der Waals surface area contributed by atoms with Gasteiger partial charge in [-0.15, -0.1) is 0 Å². The summed E-state index contributed by atoms with van der Waals surface area (Å²) in [5.41, 5.74) is 1.10. The van der Waals surface area contributed by atoms with Crippen molar-refractivity contribution in [2.75, 3.05) is 25.0 Å². The number of amides is 2. The van der Waals surface area contributed by atoms with Gasteiger partial charge in [0, 0.05) is 30.8 Å². The maximum atomic E-state index is 12.7. The van der Waals surface area contributed by atoms with Crippen LogP contribution in [0.1, 0.15) is 57.1 Å². The van der Waals surface area contributed by atoms with E-state index in [1.165, 1.54) is 32.1 Å². The van der Waals surface area contributed by atoms with Gasteiger partial charge in [-0.05, 0) is 37.3 Å². The van der Waals surface area contributed by atoms with Crippen molar-refractivity contribution >= 4 is 17.6 Å². The Morgan fingerprint density at radius 3 is 2.56 bits per heavy atom. The fraction of sp³-hybridized carbons (Fsp3) is 0.560. The molecule has 1 saturated carbocycles. The second-order valence-electron chi connectivity index (χ2n) is 9.04. The molecule has 2 aromatic rings. The van der Waals surface area contributed by atoms with Crippen molar-refractivity contribution in [2.24, 2.45) is 11.8 Å². The number of rotatable bonds is 8. The van der Waals surface area contributed by atoms with Gasteiger partial charge in [-0.25, -0.2) is 0 Å². The summed E-state index contributed by atoms with van der Waals surface area (Å²) in [7, 11) is 0. The molecule has 32 heavy (non-hydrogen) atoms. The number of carbonyl (C=O) groups is 2. The Labute approximate surface area is 189 Å². The van der Waals surface area contributed by atoms with Crippen molar-refractivity contribution in [2.45, 2.75) is 57.8 Å². The van der Waals surface area contributed by atoms with Crippen LogP contribution >= 0.6 is 0 Å². The van der Waals surface area contributed by atoms with Crippen LogP contribution in [-0.4, -0.2) is 46.6 Å². The highest BCUT2D eigenvalue weighted by molar-refractivity contribution is 5.92. The third kappa shape index (κ3) is 6.34. The zero-order valence-corrected chi connectivity index (χ0v) is 18.7. The van der Waals surface area contributed by atoms with Crippen molar-refractivity contribution in [3.05, 3.63) is 42.1 Å². The summed E-state index contributed by atoms with van der Waals surface area (Å²) in [6, 6.07) is 11.5. The standard InChI is InChI=1S/C25H34N4O3/c30-24(13-16-32-22-9-5-2-6-10-22)29-14-11-20(12-15-29)25(31)26-23-18-21(27-28-23)17-19-7-3-1-4-8-19/h2,5-6,9-10,18-20H,1,3-4,7-8,11-17H2,(H2,26,27,28,31).